The van der Waals surface area contributed by atoms with Crippen molar-refractivity contribution in [2.75, 3.05) is 26.2 Å². The third-order valence-corrected chi connectivity index (χ3v) is 5.50. The Morgan fingerprint density at radius 3 is 2.43 bits per heavy atom. The Bertz CT molecular complexity index is 317. The van der Waals surface area contributed by atoms with E-state index in [9.17, 15) is 9.90 Å². The molecule has 2 aliphatic rings. The van der Waals surface area contributed by atoms with Crippen LogP contribution in [0.15, 0.2) is 0 Å². The first kappa shape index (κ1) is 16.8. The number of piperidine rings is 1. The van der Waals surface area contributed by atoms with E-state index >= 15 is 0 Å². The fourth-order valence-corrected chi connectivity index (χ4v) is 4.00. The summed E-state index contributed by atoms with van der Waals surface area (Å²) >= 11 is 0. The summed E-state index contributed by atoms with van der Waals surface area (Å²) in [6, 6.07) is -0.379. The summed E-state index contributed by atoms with van der Waals surface area (Å²) < 4.78 is 0. The van der Waals surface area contributed by atoms with Gasteiger partial charge in [0.15, 0.2) is 0 Å². The smallest absolute Gasteiger partial charge is 0.320 e. The van der Waals surface area contributed by atoms with Gasteiger partial charge in [-0.2, -0.15) is 0 Å². The van der Waals surface area contributed by atoms with Crippen LogP contribution >= 0.6 is 0 Å². The first-order valence-corrected chi connectivity index (χ1v) is 8.84. The molecule has 4 nitrogen and oxygen atoms in total. The van der Waals surface area contributed by atoms with Gasteiger partial charge < -0.3 is 15.3 Å². The van der Waals surface area contributed by atoms with Crippen molar-refractivity contribution in [3.63, 3.8) is 0 Å². The summed E-state index contributed by atoms with van der Waals surface area (Å²) in [6.07, 6.45) is 11.5. The van der Waals surface area contributed by atoms with E-state index in [1.807, 2.05) is 0 Å². The number of hydrogen-bond donors (Lipinski definition) is 2. The van der Waals surface area contributed by atoms with Crippen LogP contribution in [0.3, 0.4) is 0 Å². The molecule has 1 aliphatic heterocycles. The maximum Gasteiger partial charge on any atom is 0.320 e. The Morgan fingerprint density at radius 2 is 1.86 bits per heavy atom. The van der Waals surface area contributed by atoms with Crippen molar-refractivity contribution in [1.82, 2.24) is 10.2 Å². The quantitative estimate of drug-likeness (QED) is 0.758. The van der Waals surface area contributed by atoms with Crippen molar-refractivity contribution >= 4 is 5.97 Å². The molecule has 1 heterocycles. The fraction of sp³-hybridized carbons (Fsp3) is 0.941. The molecule has 1 aliphatic carbocycles. The molecule has 0 aromatic heterocycles. The normalized spacial score (nSPS) is 24.0. The predicted molar refractivity (Wildman–Crippen MR) is 85.5 cm³/mol. The van der Waals surface area contributed by atoms with Crippen molar-refractivity contribution in [3.8, 4) is 0 Å². The van der Waals surface area contributed by atoms with Crippen molar-refractivity contribution in [1.29, 1.82) is 0 Å². The van der Waals surface area contributed by atoms with E-state index < -0.39 is 5.97 Å². The van der Waals surface area contributed by atoms with E-state index in [1.165, 1.54) is 58.0 Å². The standard InChI is InChI=1S/C17H32N2O2/c1-2-11-18-15(16(20)21)6-12-19-13-9-17(10-14-19)7-4-3-5-8-17/h15,18H,2-14H2,1H3,(H,20,21). The van der Waals surface area contributed by atoms with Crippen molar-refractivity contribution in [3.05, 3.63) is 0 Å². The largest absolute Gasteiger partial charge is 0.480 e. The maximum atomic E-state index is 11.2. The van der Waals surface area contributed by atoms with Gasteiger partial charge in [-0.3, -0.25) is 4.79 Å². The Kier molecular flexibility index (Phi) is 6.49. The molecule has 2 fully saturated rings. The molecule has 4 heteroatoms. The van der Waals surface area contributed by atoms with Crippen LogP contribution in [0.25, 0.3) is 0 Å². The molecule has 1 atom stereocenters. The van der Waals surface area contributed by atoms with E-state index in [1.54, 1.807) is 0 Å². The maximum absolute atomic E-state index is 11.2. The Morgan fingerprint density at radius 1 is 1.19 bits per heavy atom. The number of carboxylic acids is 1. The molecular weight excluding hydrogens is 264 g/mol. The van der Waals surface area contributed by atoms with Crippen LogP contribution in [-0.2, 0) is 4.79 Å². The topological polar surface area (TPSA) is 52.6 Å². The van der Waals surface area contributed by atoms with E-state index in [4.69, 9.17) is 0 Å². The molecule has 1 spiro atoms. The van der Waals surface area contributed by atoms with Gasteiger partial charge in [-0.15, -0.1) is 0 Å². The molecule has 1 saturated heterocycles. The molecule has 0 amide bonds. The zero-order chi connectivity index (χ0) is 15.1. The summed E-state index contributed by atoms with van der Waals surface area (Å²) in [7, 11) is 0. The number of rotatable bonds is 7. The van der Waals surface area contributed by atoms with Crippen LogP contribution in [0.5, 0.6) is 0 Å². The lowest BCUT2D eigenvalue weighted by atomic mass is 9.68. The van der Waals surface area contributed by atoms with Crippen LogP contribution < -0.4 is 5.32 Å². The summed E-state index contributed by atoms with van der Waals surface area (Å²) in [5.74, 6) is -0.704. The highest BCUT2D eigenvalue weighted by atomic mass is 16.4. The average molecular weight is 296 g/mol. The molecule has 0 aromatic rings. The fourth-order valence-electron chi connectivity index (χ4n) is 4.00. The number of nitrogens with zero attached hydrogens (tertiary/aromatic N) is 1. The summed E-state index contributed by atoms with van der Waals surface area (Å²) in [6.45, 7) is 6.12. The number of hydrogen-bond acceptors (Lipinski definition) is 3. The van der Waals surface area contributed by atoms with Gasteiger partial charge in [0.05, 0.1) is 0 Å². The van der Waals surface area contributed by atoms with Crippen LogP contribution in [0, 0.1) is 5.41 Å². The molecule has 0 bridgehead atoms. The second-order valence-corrected chi connectivity index (χ2v) is 7.04. The molecule has 1 saturated carbocycles. The van der Waals surface area contributed by atoms with E-state index in [0.717, 1.165) is 25.9 Å². The number of likely N-dealkylation sites (tertiary alicyclic amines) is 1. The number of carboxylic acid groups (broad SMARTS) is 1. The van der Waals surface area contributed by atoms with Gasteiger partial charge in [0, 0.05) is 6.54 Å². The number of nitrogens with one attached hydrogen (secondary N) is 1. The predicted octanol–water partition coefficient (Wildman–Crippen LogP) is 2.88. The van der Waals surface area contributed by atoms with Crippen LogP contribution in [0.2, 0.25) is 0 Å². The molecule has 2 rings (SSSR count). The molecule has 122 valence electrons. The van der Waals surface area contributed by atoms with E-state index in [2.05, 4.69) is 17.1 Å². The minimum atomic E-state index is -0.704. The van der Waals surface area contributed by atoms with E-state index in [0.29, 0.717) is 5.41 Å². The zero-order valence-electron chi connectivity index (χ0n) is 13.6. The highest BCUT2D eigenvalue weighted by Crippen LogP contribution is 2.44. The van der Waals surface area contributed by atoms with Gasteiger partial charge in [-0.05, 0) is 63.6 Å². The molecule has 1 unspecified atom stereocenters. The Balaban J connectivity index is 1.71. The zero-order valence-corrected chi connectivity index (χ0v) is 13.6. The molecule has 2 N–H and O–H groups in total. The van der Waals surface area contributed by atoms with Gasteiger partial charge in [0.2, 0.25) is 0 Å². The van der Waals surface area contributed by atoms with Crippen molar-refractivity contribution < 1.29 is 9.90 Å². The molecule has 0 radical (unpaired) electrons. The van der Waals surface area contributed by atoms with Gasteiger partial charge in [-0.1, -0.05) is 26.2 Å². The van der Waals surface area contributed by atoms with Crippen molar-refractivity contribution in [2.45, 2.75) is 70.8 Å². The molecular formula is C17H32N2O2. The van der Waals surface area contributed by atoms with Crippen LogP contribution in [0.1, 0.15) is 64.7 Å². The van der Waals surface area contributed by atoms with Crippen LogP contribution in [0.4, 0.5) is 0 Å². The lowest BCUT2D eigenvalue weighted by Crippen LogP contribution is -2.44. The summed E-state index contributed by atoms with van der Waals surface area (Å²) in [5.41, 5.74) is 0.640. The van der Waals surface area contributed by atoms with Crippen molar-refractivity contribution in [2.24, 2.45) is 5.41 Å². The lowest BCUT2D eigenvalue weighted by molar-refractivity contribution is -0.139. The third kappa shape index (κ3) is 4.96. The first-order chi connectivity index (χ1) is 10.2. The van der Waals surface area contributed by atoms with E-state index in [-0.39, 0.29) is 6.04 Å². The minimum Gasteiger partial charge on any atom is -0.480 e. The molecule has 21 heavy (non-hydrogen) atoms. The Labute approximate surface area is 129 Å². The second-order valence-electron chi connectivity index (χ2n) is 7.04. The first-order valence-electron chi connectivity index (χ1n) is 8.84. The van der Waals surface area contributed by atoms with Gasteiger partial charge in [-0.25, -0.2) is 0 Å². The lowest BCUT2D eigenvalue weighted by Gasteiger charge is -2.44. The second kappa shape index (κ2) is 8.14. The highest BCUT2D eigenvalue weighted by molar-refractivity contribution is 5.73. The SMILES string of the molecule is CCCNC(CCN1CCC2(CCCCC2)CC1)C(=O)O. The van der Waals surface area contributed by atoms with Gasteiger partial charge >= 0.3 is 5.97 Å². The monoisotopic (exact) mass is 296 g/mol. The highest BCUT2D eigenvalue weighted by Gasteiger charge is 2.35. The average Bonchev–Trinajstić information content (AvgIpc) is 2.50. The third-order valence-electron chi connectivity index (χ3n) is 5.50. The Hall–Kier alpha value is -0.610. The van der Waals surface area contributed by atoms with Crippen LogP contribution in [-0.4, -0.2) is 48.2 Å². The van der Waals surface area contributed by atoms with Gasteiger partial charge in [0.1, 0.15) is 6.04 Å². The number of aliphatic carboxylic acids is 1. The summed E-state index contributed by atoms with van der Waals surface area (Å²) in [4.78, 5) is 13.7. The minimum absolute atomic E-state index is 0.379. The number of carbonyl (C=O) groups is 1. The van der Waals surface area contributed by atoms with Gasteiger partial charge in [0.25, 0.3) is 0 Å². The molecule has 0 aromatic carbocycles. The summed E-state index contributed by atoms with van der Waals surface area (Å²) in [5, 5.41) is 12.4.